The summed E-state index contributed by atoms with van der Waals surface area (Å²) in [6.45, 7) is 0. The van der Waals surface area contributed by atoms with Crippen molar-refractivity contribution in [2.24, 2.45) is 0 Å². The van der Waals surface area contributed by atoms with E-state index in [0.717, 1.165) is 50.2 Å². The van der Waals surface area contributed by atoms with Gasteiger partial charge in [-0.05, 0) is 118 Å². The van der Waals surface area contributed by atoms with Crippen molar-refractivity contribution in [3.63, 3.8) is 0 Å². The smallest absolute Gasteiger partial charge is 0.226 e. The number of aromatic nitrogens is 5. The largest absolute Gasteiger partial charge is 0.309 e. The van der Waals surface area contributed by atoms with Crippen LogP contribution in [0.3, 0.4) is 0 Å². The van der Waals surface area contributed by atoms with Crippen molar-refractivity contribution in [1.29, 1.82) is 0 Å². The molecule has 0 saturated heterocycles. The van der Waals surface area contributed by atoms with Crippen LogP contribution in [0.2, 0.25) is 0 Å². The zero-order chi connectivity index (χ0) is 48.7. The van der Waals surface area contributed by atoms with Crippen LogP contribution >= 0.6 is 0 Å². The predicted octanol–water partition coefficient (Wildman–Crippen LogP) is 13.7. The molecule has 0 radical (unpaired) electrons. The van der Waals surface area contributed by atoms with Crippen LogP contribution in [0.15, 0.2) is 262 Å². The maximum Gasteiger partial charge on any atom is 0.226 e. The Morgan fingerprint density at radius 3 is 1.24 bits per heavy atom. The molecule has 15 rings (SSSR count). The van der Waals surface area contributed by atoms with E-state index in [1.54, 1.807) is 12.7 Å². The molecular formula is C68H43N5Si. The molecule has 74 heavy (non-hydrogen) atoms. The summed E-state index contributed by atoms with van der Waals surface area (Å²) in [5.74, 6) is 0. The molecule has 0 saturated carbocycles. The molecule has 6 heteroatoms. The van der Waals surface area contributed by atoms with Gasteiger partial charge in [0.05, 0.1) is 16.7 Å². The predicted molar refractivity (Wildman–Crippen MR) is 306 cm³/mol. The fraction of sp³-hybridized carbons (Fsp3) is 0. The molecule has 2 aliphatic carbocycles. The molecule has 13 aromatic rings. The van der Waals surface area contributed by atoms with E-state index >= 15 is 0 Å². The van der Waals surface area contributed by atoms with E-state index < -0.39 is 8.07 Å². The summed E-state index contributed by atoms with van der Waals surface area (Å²) in [5, 5.41) is 6.01. The summed E-state index contributed by atoms with van der Waals surface area (Å²) in [5.41, 5.74) is 22.7. The van der Waals surface area contributed by atoms with Gasteiger partial charge in [-0.25, -0.2) is 15.0 Å². The van der Waals surface area contributed by atoms with Crippen molar-refractivity contribution in [3.8, 4) is 94.8 Å². The quantitative estimate of drug-likeness (QED) is 0.127. The number of hydrogen-bond donors (Lipinski definition) is 0. The van der Waals surface area contributed by atoms with E-state index in [1.807, 2.05) is 6.20 Å². The lowest BCUT2D eigenvalue weighted by Gasteiger charge is -2.34. The molecule has 0 amide bonds. The third-order valence-corrected chi connectivity index (χ3v) is 20.1. The number of benzene rings is 10. The van der Waals surface area contributed by atoms with E-state index in [-0.39, 0.29) is 0 Å². The monoisotopic (exact) mass is 957 g/mol. The fourth-order valence-corrected chi connectivity index (χ4v) is 16.8. The van der Waals surface area contributed by atoms with Crippen LogP contribution in [0.25, 0.3) is 117 Å². The lowest BCUT2D eigenvalue weighted by molar-refractivity contribution is 1.08. The van der Waals surface area contributed by atoms with Gasteiger partial charge in [-0.1, -0.05) is 212 Å². The average Bonchev–Trinajstić information content (AvgIpc) is 3.83. The Morgan fingerprint density at radius 1 is 0.284 bits per heavy atom. The first-order valence-corrected chi connectivity index (χ1v) is 27.2. The highest BCUT2D eigenvalue weighted by Crippen LogP contribution is 2.50. The van der Waals surface area contributed by atoms with Gasteiger partial charge < -0.3 is 4.57 Å². The first-order chi connectivity index (χ1) is 36.7. The summed E-state index contributed by atoms with van der Waals surface area (Å²) in [6, 6.07) is 89.5. The summed E-state index contributed by atoms with van der Waals surface area (Å²) >= 11 is 0. The molecule has 5 nitrogen and oxygen atoms in total. The molecule has 1 unspecified atom stereocenters. The third kappa shape index (κ3) is 6.22. The zero-order valence-electron chi connectivity index (χ0n) is 40.1. The minimum absolute atomic E-state index is 0.769. The Labute approximate surface area is 429 Å². The fourth-order valence-electron chi connectivity index (χ4n) is 12.4. The first-order valence-electron chi connectivity index (χ1n) is 25.2. The second-order valence-electron chi connectivity index (χ2n) is 19.3. The van der Waals surface area contributed by atoms with Gasteiger partial charge in [0.25, 0.3) is 0 Å². The van der Waals surface area contributed by atoms with Gasteiger partial charge in [-0.3, -0.25) is 4.98 Å². The van der Waals surface area contributed by atoms with E-state index in [2.05, 4.69) is 252 Å². The lowest BCUT2D eigenvalue weighted by Crippen LogP contribution is -2.76. The molecule has 0 N–H and O–H groups in total. The highest BCUT2D eigenvalue weighted by atomic mass is 28.3. The maximum absolute atomic E-state index is 5.20. The SMILES string of the molecule is c1ccc([Si](c2ccc3c(c2)-c2ccccc2-c2ccccc2-c2cc(-n4c5ccccc5c5ccccc54)ccc2-3)(c2ccc3c(c2)-c2ccccc2-c2ccccc2-c2ncccc2-3)c2ncncn2)cc1. The van der Waals surface area contributed by atoms with Gasteiger partial charge in [0.1, 0.15) is 18.1 Å². The molecule has 3 heterocycles. The maximum atomic E-state index is 5.20. The molecule has 3 aromatic heterocycles. The molecule has 10 aromatic carbocycles. The van der Waals surface area contributed by atoms with Crippen LogP contribution in [0, 0.1) is 0 Å². The summed E-state index contributed by atoms with van der Waals surface area (Å²) in [4.78, 5) is 19.9. The van der Waals surface area contributed by atoms with Crippen LogP contribution in [0.4, 0.5) is 0 Å². The number of nitrogens with zero attached hydrogens (tertiary/aromatic N) is 5. The van der Waals surface area contributed by atoms with Crippen LogP contribution in [0.5, 0.6) is 0 Å². The number of para-hydroxylation sites is 2. The van der Waals surface area contributed by atoms with Crippen molar-refractivity contribution in [1.82, 2.24) is 24.5 Å². The second kappa shape index (κ2) is 16.7. The summed E-state index contributed by atoms with van der Waals surface area (Å²) in [7, 11) is -3.42. The Hall–Kier alpha value is -9.62. The Bertz CT molecular complexity index is 4290. The molecule has 0 aliphatic heterocycles. The molecule has 2 aliphatic rings. The molecular weight excluding hydrogens is 915 g/mol. The Morgan fingerprint density at radius 2 is 0.689 bits per heavy atom. The minimum Gasteiger partial charge on any atom is -0.309 e. The highest BCUT2D eigenvalue weighted by Gasteiger charge is 2.46. The van der Waals surface area contributed by atoms with E-state index in [4.69, 9.17) is 15.0 Å². The van der Waals surface area contributed by atoms with Crippen LogP contribution in [-0.2, 0) is 0 Å². The van der Waals surface area contributed by atoms with E-state index in [0.29, 0.717) is 0 Å². The number of hydrogen-bond acceptors (Lipinski definition) is 4. The van der Waals surface area contributed by atoms with E-state index in [9.17, 15) is 0 Å². The van der Waals surface area contributed by atoms with Gasteiger partial charge in [0.15, 0.2) is 0 Å². The van der Waals surface area contributed by atoms with Crippen LogP contribution in [0.1, 0.15) is 0 Å². The zero-order valence-corrected chi connectivity index (χ0v) is 41.1. The highest BCUT2D eigenvalue weighted by molar-refractivity contribution is 7.19. The van der Waals surface area contributed by atoms with Gasteiger partial charge in [-0.15, -0.1) is 0 Å². The normalized spacial score (nSPS) is 12.7. The number of rotatable bonds is 5. The first kappa shape index (κ1) is 42.1. The Balaban J connectivity index is 1.02. The van der Waals surface area contributed by atoms with Crippen molar-refractivity contribution in [2.45, 2.75) is 0 Å². The summed E-state index contributed by atoms with van der Waals surface area (Å²) in [6.07, 6.45) is 5.24. The average molecular weight is 958 g/mol. The number of pyridine rings is 1. The van der Waals surface area contributed by atoms with E-state index in [1.165, 1.54) is 87.4 Å². The molecule has 344 valence electrons. The summed E-state index contributed by atoms with van der Waals surface area (Å²) < 4.78 is 2.42. The molecule has 0 bridgehead atoms. The molecule has 1 atom stereocenters. The molecule has 0 spiro atoms. The standard InChI is InChI=1S/C68H43N5Si/c1-2-17-45(18-3-1)74(68-71-42-69-43-72-68,47-34-37-57-61-29-16-38-70-67(61)60-28-11-10-22-51(60)50-21-6-9-25-54(50)64(57)41-47)46-33-36-56-55-35-32-44(73-65-30-14-12-26-58(65)59-27-13-15-31-66(59)73)39-62(55)52-23-7-4-19-48(52)49-20-5-8-24-53(49)63(56)40-46/h1-43H. The minimum atomic E-state index is -3.42. The third-order valence-electron chi connectivity index (χ3n) is 15.6. The number of fused-ring (bicyclic) bond motifs is 19. The second-order valence-corrected chi connectivity index (χ2v) is 23.0. The van der Waals surface area contributed by atoms with Crippen molar-refractivity contribution < 1.29 is 0 Å². The van der Waals surface area contributed by atoms with Crippen LogP contribution in [-0.4, -0.2) is 32.6 Å². The van der Waals surface area contributed by atoms with Crippen LogP contribution < -0.4 is 21.0 Å². The topological polar surface area (TPSA) is 56.5 Å². The van der Waals surface area contributed by atoms with Crippen molar-refractivity contribution in [3.05, 3.63) is 262 Å². The van der Waals surface area contributed by atoms with Gasteiger partial charge in [0.2, 0.25) is 8.07 Å². The lowest BCUT2D eigenvalue weighted by atomic mass is 9.81. The van der Waals surface area contributed by atoms with Gasteiger partial charge >= 0.3 is 0 Å². The van der Waals surface area contributed by atoms with Crippen molar-refractivity contribution >= 4 is 50.9 Å². The van der Waals surface area contributed by atoms with Gasteiger partial charge in [0, 0.05) is 33.8 Å². The van der Waals surface area contributed by atoms with Crippen molar-refractivity contribution in [2.75, 3.05) is 0 Å². The van der Waals surface area contributed by atoms with Gasteiger partial charge in [-0.2, -0.15) is 0 Å². The molecule has 0 fully saturated rings. The Kier molecular flexibility index (Phi) is 9.52.